The number of alkyl halides is 3. The topological polar surface area (TPSA) is 29.9 Å². The number of nitrogens with one attached hydrogen (secondary N) is 1. The van der Waals surface area contributed by atoms with Gasteiger partial charge in [-0.25, -0.2) is 0 Å². The van der Waals surface area contributed by atoms with E-state index < -0.39 is 11.7 Å². The van der Waals surface area contributed by atoms with Crippen LogP contribution >= 0.6 is 0 Å². The van der Waals surface area contributed by atoms with Crippen LogP contribution in [0.1, 0.15) is 37.6 Å². The molecule has 0 radical (unpaired) electrons. The third kappa shape index (κ3) is 2.87. The highest BCUT2D eigenvalue weighted by Crippen LogP contribution is 2.39. The molecule has 1 N–H and O–H groups in total. The Kier molecular flexibility index (Phi) is 3.75. The maximum absolute atomic E-state index is 13.4. The molecular formula is C17H20F3N3. The van der Waals surface area contributed by atoms with E-state index in [9.17, 15) is 13.2 Å². The first-order chi connectivity index (χ1) is 10.7. The van der Waals surface area contributed by atoms with Crippen LogP contribution in [0.3, 0.4) is 0 Å². The van der Waals surface area contributed by atoms with Crippen LogP contribution < -0.4 is 5.32 Å². The van der Waals surface area contributed by atoms with Gasteiger partial charge in [0, 0.05) is 36.3 Å². The van der Waals surface area contributed by atoms with Crippen LogP contribution in [0.15, 0.2) is 24.3 Å². The Morgan fingerprint density at radius 2 is 1.83 bits per heavy atom. The van der Waals surface area contributed by atoms with Crippen LogP contribution in [0.4, 0.5) is 13.2 Å². The summed E-state index contributed by atoms with van der Waals surface area (Å²) in [6.45, 7) is 7.41. The molecule has 3 nitrogen and oxygen atoms in total. The van der Waals surface area contributed by atoms with E-state index in [2.05, 4.69) is 10.4 Å². The second kappa shape index (κ2) is 5.37. The van der Waals surface area contributed by atoms with Crippen molar-refractivity contribution in [1.82, 2.24) is 15.1 Å². The Labute approximate surface area is 133 Å². The minimum Gasteiger partial charge on any atom is -0.312 e. The van der Waals surface area contributed by atoms with Crippen LogP contribution in [0.25, 0.3) is 11.3 Å². The van der Waals surface area contributed by atoms with Crippen LogP contribution in [0.2, 0.25) is 0 Å². The van der Waals surface area contributed by atoms with E-state index in [0.29, 0.717) is 12.2 Å². The molecule has 1 aliphatic rings. The largest absolute Gasteiger partial charge is 0.417 e. The predicted octanol–water partition coefficient (Wildman–Crippen LogP) is 3.97. The van der Waals surface area contributed by atoms with Crippen molar-refractivity contribution in [1.29, 1.82) is 0 Å². The lowest BCUT2D eigenvalue weighted by molar-refractivity contribution is -0.137. The van der Waals surface area contributed by atoms with Crippen molar-refractivity contribution in [2.24, 2.45) is 0 Å². The standard InChI is InChI=1S/C17H20F3N3/c1-16(2,3)23-14-8-9-21-10-12(14)15(22-23)11-6-4-5-7-13(11)17(18,19)20/h4-7,21H,8-10H2,1-3H3. The van der Waals surface area contributed by atoms with Crippen molar-refractivity contribution >= 4 is 0 Å². The summed E-state index contributed by atoms with van der Waals surface area (Å²) >= 11 is 0. The van der Waals surface area contributed by atoms with Gasteiger partial charge < -0.3 is 5.32 Å². The molecule has 0 unspecified atom stereocenters. The Bertz CT molecular complexity index is 724. The lowest BCUT2D eigenvalue weighted by atomic mass is 9.97. The molecule has 2 aromatic rings. The molecule has 1 aliphatic heterocycles. The smallest absolute Gasteiger partial charge is 0.312 e. The monoisotopic (exact) mass is 323 g/mol. The highest BCUT2D eigenvalue weighted by Gasteiger charge is 2.36. The Balaban J connectivity index is 2.25. The van der Waals surface area contributed by atoms with Crippen molar-refractivity contribution in [2.45, 2.75) is 45.5 Å². The van der Waals surface area contributed by atoms with Gasteiger partial charge >= 0.3 is 6.18 Å². The third-order valence-corrected chi connectivity index (χ3v) is 4.05. The fraction of sp³-hybridized carbons (Fsp3) is 0.471. The van der Waals surface area contributed by atoms with Crippen molar-refractivity contribution < 1.29 is 13.2 Å². The van der Waals surface area contributed by atoms with E-state index >= 15 is 0 Å². The van der Waals surface area contributed by atoms with E-state index in [0.717, 1.165) is 30.3 Å². The SMILES string of the molecule is CC(C)(C)n1nc(-c2ccccc2C(F)(F)F)c2c1CCNC2. The minimum absolute atomic E-state index is 0.156. The van der Waals surface area contributed by atoms with Crippen LogP contribution in [-0.2, 0) is 24.7 Å². The average Bonchev–Trinajstić information content (AvgIpc) is 2.86. The highest BCUT2D eigenvalue weighted by molar-refractivity contribution is 5.69. The molecule has 0 saturated carbocycles. The molecule has 23 heavy (non-hydrogen) atoms. The van der Waals surface area contributed by atoms with E-state index in [1.165, 1.54) is 12.1 Å². The van der Waals surface area contributed by atoms with Crippen molar-refractivity contribution in [3.05, 3.63) is 41.1 Å². The quantitative estimate of drug-likeness (QED) is 0.860. The molecule has 0 aliphatic carbocycles. The van der Waals surface area contributed by atoms with Crippen molar-refractivity contribution in [3.8, 4) is 11.3 Å². The molecule has 0 atom stereocenters. The van der Waals surface area contributed by atoms with Crippen LogP contribution in [0.5, 0.6) is 0 Å². The number of fused-ring (bicyclic) bond motifs is 1. The molecule has 0 bridgehead atoms. The second-order valence-corrected chi connectivity index (χ2v) is 6.83. The molecule has 0 fully saturated rings. The molecule has 1 aromatic carbocycles. The fourth-order valence-corrected chi connectivity index (χ4v) is 3.06. The molecule has 3 rings (SSSR count). The average molecular weight is 323 g/mol. The number of hydrogen-bond donors (Lipinski definition) is 1. The third-order valence-electron chi connectivity index (χ3n) is 4.05. The number of benzene rings is 1. The van der Waals surface area contributed by atoms with E-state index in [1.54, 1.807) is 6.07 Å². The molecule has 6 heteroatoms. The Hall–Kier alpha value is -1.82. The summed E-state index contributed by atoms with van der Waals surface area (Å²) in [5.41, 5.74) is 1.60. The zero-order valence-corrected chi connectivity index (χ0v) is 13.5. The first kappa shape index (κ1) is 16.1. The number of nitrogens with zero attached hydrogens (tertiary/aromatic N) is 2. The van der Waals surface area contributed by atoms with Gasteiger partial charge in [-0.3, -0.25) is 4.68 Å². The van der Waals surface area contributed by atoms with Crippen molar-refractivity contribution in [3.63, 3.8) is 0 Å². The van der Waals surface area contributed by atoms with Gasteiger partial charge in [-0.05, 0) is 26.8 Å². The maximum Gasteiger partial charge on any atom is 0.417 e. The summed E-state index contributed by atoms with van der Waals surface area (Å²) in [7, 11) is 0. The lowest BCUT2D eigenvalue weighted by Crippen LogP contribution is -2.30. The first-order valence-corrected chi connectivity index (χ1v) is 7.68. The molecule has 0 amide bonds. The van der Waals surface area contributed by atoms with Gasteiger partial charge in [-0.15, -0.1) is 0 Å². The molecule has 0 spiro atoms. The summed E-state index contributed by atoms with van der Waals surface area (Å²) in [5, 5.41) is 7.82. The molecule has 1 aromatic heterocycles. The van der Waals surface area contributed by atoms with Gasteiger partial charge in [-0.2, -0.15) is 18.3 Å². The summed E-state index contributed by atoms with van der Waals surface area (Å²) in [6.07, 6.45) is -3.62. The fourth-order valence-electron chi connectivity index (χ4n) is 3.06. The van der Waals surface area contributed by atoms with Gasteiger partial charge in [0.15, 0.2) is 0 Å². The summed E-state index contributed by atoms with van der Waals surface area (Å²) in [4.78, 5) is 0. The zero-order valence-electron chi connectivity index (χ0n) is 13.5. The van der Waals surface area contributed by atoms with Crippen LogP contribution in [-0.4, -0.2) is 16.3 Å². The van der Waals surface area contributed by atoms with E-state index in [-0.39, 0.29) is 11.1 Å². The molecule has 0 saturated heterocycles. The van der Waals surface area contributed by atoms with E-state index in [4.69, 9.17) is 0 Å². The molecular weight excluding hydrogens is 303 g/mol. The lowest BCUT2D eigenvalue weighted by Gasteiger charge is -2.24. The minimum atomic E-state index is -4.39. The predicted molar refractivity (Wildman–Crippen MR) is 83.1 cm³/mol. The van der Waals surface area contributed by atoms with Gasteiger partial charge in [0.05, 0.1) is 16.8 Å². The van der Waals surface area contributed by atoms with Gasteiger partial charge in [0.2, 0.25) is 0 Å². The summed E-state index contributed by atoms with van der Waals surface area (Å²) in [6, 6.07) is 5.67. The normalized spacial score (nSPS) is 15.6. The van der Waals surface area contributed by atoms with Gasteiger partial charge in [0.1, 0.15) is 0 Å². The highest BCUT2D eigenvalue weighted by atomic mass is 19.4. The van der Waals surface area contributed by atoms with Crippen molar-refractivity contribution in [2.75, 3.05) is 6.54 Å². The van der Waals surface area contributed by atoms with Crippen LogP contribution in [0, 0.1) is 0 Å². The van der Waals surface area contributed by atoms with Gasteiger partial charge in [-0.1, -0.05) is 18.2 Å². The second-order valence-electron chi connectivity index (χ2n) is 6.83. The number of aromatic nitrogens is 2. The zero-order chi connectivity index (χ0) is 16.8. The Morgan fingerprint density at radius 3 is 2.48 bits per heavy atom. The number of hydrogen-bond acceptors (Lipinski definition) is 2. The number of halogens is 3. The Morgan fingerprint density at radius 1 is 1.13 bits per heavy atom. The molecule has 124 valence electrons. The van der Waals surface area contributed by atoms with E-state index in [1.807, 2.05) is 25.5 Å². The van der Waals surface area contributed by atoms with Gasteiger partial charge in [0.25, 0.3) is 0 Å². The molecule has 2 heterocycles. The summed E-state index contributed by atoms with van der Waals surface area (Å²) in [5.74, 6) is 0. The maximum atomic E-state index is 13.4. The summed E-state index contributed by atoms with van der Waals surface area (Å²) < 4.78 is 42.0. The number of rotatable bonds is 1. The first-order valence-electron chi connectivity index (χ1n) is 7.68.